The number of carbonyl (C=O) groups is 1. The zero-order valence-corrected chi connectivity index (χ0v) is 7.82. The number of rotatable bonds is 1. The largest absolute Gasteiger partial charge is 0.416 e. The smallest absolute Gasteiger partial charge is 0.244 e. The number of amides is 2. The third kappa shape index (κ3) is 2.00. The molecule has 0 spiro atoms. The van der Waals surface area contributed by atoms with Crippen LogP contribution in [-0.2, 0) is 6.18 Å². The summed E-state index contributed by atoms with van der Waals surface area (Å²) in [4.78, 5) is 17.6. The summed E-state index contributed by atoms with van der Waals surface area (Å²) in [7, 11) is 0. The van der Waals surface area contributed by atoms with Crippen LogP contribution >= 0.6 is 0 Å². The molecule has 0 saturated heterocycles. The molecule has 0 aliphatic carbocycles. The van der Waals surface area contributed by atoms with Gasteiger partial charge in [0.25, 0.3) is 0 Å². The highest BCUT2D eigenvalue weighted by Gasteiger charge is 2.30. The highest BCUT2D eigenvalue weighted by molar-refractivity contribution is 6.43. The van der Waals surface area contributed by atoms with E-state index in [2.05, 4.69) is 9.98 Å². The first-order valence-corrected chi connectivity index (χ1v) is 4.31. The zero-order valence-electron chi connectivity index (χ0n) is 7.82. The Bertz CT molecular complexity index is 486. The average molecular weight is 226 g/mol. The van der Waals surface area contributed by atoms with Crippen LogP contribution in [0, 0.1) is 0 Å². The van der Waals surface area contributed by atoms with Gasteiger partial charge in [-0.2, -0.15) is 23.2 Å². The van der Waals surface area contributed by atoms with Gasteiger partial charge < -0.3 is 0 Å². The number of carbonyl (C=O) groups excluding carboxylic acids is 1. The summed E-state index contributed by atoms with van der Waals surface area (Å²) in [5, 5.41) is 0. The maximum absolute atomic E-state index is 12.2. The molecule has 1 aromatic rings. The monoisotopic (exact) mass is 226 g/mol. The molecule has 82 valence electrons. The minimum Gasteiger partial charge on any atom is -0.244 e. The van der Waals surface area contributed by atoms with Gasteiger partial charge in [-0.1, -0.05) is 12.1 Å². The SMILES string of the molecule is O=C1N=CC(c2ccc(C(F)(F)F)cc2)=N1. The van der Waals surface area contributed by atoms with Crippen LogP contribution in [0.3, 0.4) is 0 Å². The Kier molecular flexibility index (Phi) is 2.34. The minimum atomic E-state index is -4.36. The Labute approximate surface area is 88.3 Å². The summed E-state index contributed by atoms with van der Waals surface area (Å²) < 4.78 is 36.7. The molecule has 2 amide bonds. The molecule has 0 radical (unpaired) electrons. The Morgan fingerprint density at radius 2 is 1.69 bits per heavy atom. The molecular formula is C10H5F3N2O. The standard InChI is InChI=1S/C10H5F3N2O/c11-10(12,13)7-3-1-6(2-4-7)8-5-14-9(16)15-8/h1-5H. The van der Waals surface area contributed by atoms with E-state index in [0.717, 1.165) is 12.1 Å². The summed E-state index contributed by atoms with van der Waals surface area (Å²) in [5.41, 5.74) is -0.0283. The van der Waals surface area contributed by atoms with Crippen molar-refractivity contribution in [2.24, 2.45) is 9.98 Å². The fraction of sp³-hybridized carbons (Fsp3) is 0.100. The number of alkyl halides is 3. The van der Waals surface area contributed by atoms with E-state index >= 15 is 0 Å². The molecule has 1 aliphatic heterocycles. The number of halogens is 3. The van der Waals surface area contributed by atoms with Gasteiger partial charge >= 0.3 is 12.2 Å². The molecule has 0 bridgehead atoms. The number of aliphatic imine (C=N–C) groups is 2. The number of hydrogen-bond acceptors (Lipinski definition) is 1. The lowest BCUT2D eigenvalue weighted by Gasteiger charge is -2.06. The van der Waals surface area contributed by atoms with E-state index in [4.69, 9.17) is 0 Å². The fourth-order valence-electron chi connectivity index (χ4n) is 1.25. The predicted molar refractivity (Wildman–Crippen MR) is 51.9 cm³/mol. The van der Waals surface area contributed by atoms with E-state index in [-0.39, 0.29) is 5.71 Å². The van der Waals surface area contributed by atoms with Crippen LogP contribution in [0.4, 0.5) is 18.0 Å². The van der Waals surface area contributed by atoms with Crippen molar-refractivity contribution >= 4 is 18.0 Å². The van der Waals surface area contributed by atoms with Crippen molar-refractivity contribution in [1.29, 1.82) is 0 Å². The first-order valence-electron chi connectivity index (χ1n) is 4.31. The molecule has 2 rings (SSSR count). The van der Waals surface area contributed by atoms with E-state index in [1.807, 2.05) is 0 Å². The maximum atomic E-state index is 12.2. The third-order valence-electron chi connectivity index (χ3n) is 2.02. The summed E-state index contributed by atoms with van der Waals surface area (Å²) in [6, 6.07) is 3.75. The summed E-state index contributed by atoms with van der Waals surface area (Å²) >= 11 is 0. The molecule has 0 saturated carbocycles. The van der Waals surface area contributed by atoms with Crippen LogP contribution in [0.1, 0.15) is 11.1 Å². The van der Waals surface area contributed by atoms with Crippen LogP contribution in [0.25, 0.3) is 0 Å². The van der Waals surface area contributed by atoms with E-state index in [0.29, 0.717) is 5.56 Å². The Hall–Kier alpha value is -1.98. The van der Waals surface area contributed by atoms with Crippen molar-refractivity contribution in [2.45, 2.75) is 6.18 Å². The van der Waals surface area contributed by atoms with Gasteiger partial charge in [-0.3, -0.25) is 0 Å². The predicted octanol–water partition coefficient (Wildman–Crippen LogP) is 2.70. The Morgan fingerprint density at radius 3 is 2.12 bits per heavy atom. The highest BCUT2D eigenvalue weighted by atomic mass is 19.4. The maximum Gasteiger partial charge on any atom is 0.416 e. The highest BCUT2D eigenvalue weighted by Crippen LogP contribution is 2.29. The van der Waals surface area contributed by atoms with Crippen LogP contribution in [-0.4, -0.2) is 18.0 Å². The molecular weight excluding hydrogens is 221 g/mol. The Balaban J connectivity index is 2.31. The van der Waals surface area contributed by atoms with E-state index < -0.39 is 17.8 Å². The van der Waals surface area contributed by atoms with Crippen LogP contribution < -0.4 is 0 Å². The molecule has 1 aromatic carbocycles. The van der Waals surface area contributed by atoms with E-state index in [1.54, 1.807) is 0 Å². The second-order valence-corrected chi connectivity index (χ2v) is 3.11. The molecule has 0 unspecified atom stereocenters. The van der Waals surface area contributed by atoms with Gasteiger partial charge in [-0.15, -0.1) is 0 Å². The molecule has 1 heterocycles. The lowest BCUT2D eigenvalue weighted by Crippen LogP contribution is -2.06. The van der Waals surface area contributed by atoms with Crippen molar-refractivity contribution in [3.8, 4) is 0 Å². The lowest BCUT2D eigenvalue weighted by atomic mass is 10.1. The fourth-order valence-corrected chi connectivity index (χ4v) is 1.25. The molecule has 1 aliphatic rings. The molecule has 16 heavy (non-hydrogen) atoms. The second kappa shape index (κ2) is 3.55. The molecule has 3 nitrogen and oxygen atoms in total. The molecule has 0 fully saturated rings. The molecule has 6 heteroatoms. The Morgan fingerprint density at radius 1 is 1.06 bits per heavy atom. The van der Waals surface area contributed by atoms with E-state index in [9.17, 15) is 18.0 Å². The first kappa shape index (κ1) is 10.5. The van der Waals surface area contributed by atoms with Gasteiger partial charge in [-0.05, 0) is 12.1 Å². The van der Waals surface area contributed by atoms with E-state index in [1.165, 1.54) is 18.3 Å². The van der Waals surface area contributed by atoms with Crippen molar-refractivity contribution < 1.29 is 18.0 Å². The van der Waals surface area contributed by atoms with Gasteiger partial charge in [0, 0.05) is 5.56 Å². The van der Waals surface area contributed by atoms with Crippen molar-refractivity contribution in [2.75, 3.05) is 0 Å². The van der Waals surface area contributed by atoms with Gasteiger partial charge in [0.2, 0.25) is 0 Å². The third-order valence-corrected chi connectivity index (χ3v) is 2.02. The number of urea groups is 1. The quantitative estimate of drug-likeness (QED) is 0.725. The van der Waals surface area contributed by atoms with Crippen LogP contribution in [0.2, 0.25) is 0 Å². The average Bonchev–Trinajstić information content (AvgIpc) is 2.64. The van der Waals surface area contributed by atoms with Crippen molar-refractivity contribution in [3.63, 3.8) is 0 Å². The lowest BCUT2D eigenvalue weighted by molar-refractivity contribution is -0.137. The normalized spacial score (nSPS) is 15.4. The van der Waals surface area contributed by atoms with Crippen LogP contribution in [0.5, 0.6) is 0 Å². The molecule has 0 atom stereocenters. The van der Waals surface area contributed by atoms with Crippen molar-refractivity contribution in [1.82, 2.24) is 0 Å². The number of hydrogen-bond donors (Lipinski definition) is 0. The van der Waals surface area contributed by atoms with Gasteiger partial charge in [-0.25, -0.2) is 4.79 Å². The van der Waals surface area contributed by atoms with Gasteiger partial charge in [0.05, 0.1) is 17.5 Å². The second-order valence-electron chi connectivity index (χ2n) is 3.11. The minimum absolute atomic E-state index is 0.277. The molecule has 0 aromatic heterocycles. The first-order chi connectivity index (χ1) is 7.47. The van der Waals surface area contributed by atoms with Crippen LogP contribution in [0.15, 0.2) is 34.3 Å². The zero-order chi connectivity index (χ0) is 11.8. The van der Waals surface area contributed by atoms with Gasteiger partial charge in [0.1, 0.15) is 0 Å². The van der Waals surface area contributed by atoms with Gasteiger partial charge in [0.15, 0.2) is 0 Å². The number of benzene rings is 1. The summed E-state index contributed by atoms with van der Waals surface area (Å²) in [6.07, 6.45) is -3.13. The van der Waals surface area contributed by atoms with Crippen molar-refractivity contribution in [3.05, 3.63) is 35.4 Å². The topological polar surface area (TPSA) is 41.8 Å². The molecule has 0 N–H and O–H groups in total. The summed E-state index contributed by atoms with van der Waals surface area (Å²) in [5.74, 6) is 0. The number of nitrogens with zero attached hydrogens (tertiary/aromatic N) is 2. The summed E-state index contributed by atoms with van der Waals surface area (Å²) in [6.45, 7) is 0.